The summed E-state index contributed by atoms with van der Waals surface area (Å²) in [6.07, 6.45) is 5.42. The number of nitrogens with zero attached hydrogens (tertiary/aromatic N) is 4. The van der Waals surface area contributed by atoms with E-state index >= 15 is 0 Å². The molecule has 1 aromatic carbocycles. The largest absolute Gasteiger partial charge is 0.356 e. The first kappa shape index (κ1) is 21.5. The zero-order valence-electron chi connectivity index (χ0n) is 17.7. The second kappa shape index (κ2) is 10.0. The van der Waals surface area contributed by atoms with Gasteiger partial charge in [0.05, 0.1) is 13.0 Å². The van der Waals surface area contributed by atoms with Gasteiger partial charge < -0.3 is 10.6 Å². The van der Waals surface area contributed by atoms with Crippen LogP contribution in [0.3, 0.4) is 0 Å². The van der Waals surface area contributed by atoms with E-state index in [1.54, 1.807) is 0 Å². The number of carbonyl (C=O) groups excluding carboxylic acids is 3. The molecule has 0 aliphatic carbocycles. The summed E-state index contributed by atoms with van der Waals surface area (Å²) >= 11 is 0. The van der Waals surface area contributed by atoms with Crippen LogP contribution in [0, 0.1) is 0 Å². The van der Waals surface area contributed by atoms with Gasteiger partial charge in [0, 0.05) is 19.2 Å². The van der Waals surface area contributed by atoms with Crippen LogP contribution in [0.2, 0.25) is 0 Å². The Morgan fingerprint density at radius 2 is 1.81 bits per heavy atom. The van der Waals surface area contributed by atoms with E-state index in [4.69, 9.17) is 0 Å². The number of aromatic nitrogens is 3. The van der Waals surface area contributed by atoms with Crippen LogP contribution in [0.25, 0.3) is 5.65 Å². The molecule has 3 aromatic rings. The highest BCUT2D eigenvalue weighted by Crippen LogP contribution is 2.14. The predicted octanol–water partition coefficient (Wildman–Crippen LogP) is 2.07. The number of pyridine rings is 1. The van der Waals surface area contributed by atoms with Crippen molar-refractivity contribution in [3.05, 3.63) is 66.1 Å². The zero-order valence-corrected chi connectivity index (χ0v) is 17.7. The van der Waals surface area contributed by atoms with Gasteiger partial charge in [-0.25, -0.2) is 4.79 Å². The highest BCUT2D eigenvalue weighted by Gasteiger charge is 2.38. The molecular formula is C23H26N6O3. The van der Waals surface area contributed by atoms with E-state index in [0.29, 0.717) is 6.54 Å². The molecule has 0 saturated carbocycles. The Morgan fingerprint density at radius 3 is 2.66 bits per heavy atom. The molecule has 1 aliphatic heterocycles. The van der Waals surface area contributed by atoms with E-state index < -0.39 is 12.1 Å². The monoisotopic (exact) mass is 434 g/mol. The van der Waals surface area contributed by atoms with Crippen LogP contribution in [-0.4, -0.2) is 49.9 Å². The first-order valence-corrected chi connectivity index (χ1v) is 10.8. The number of amides is 4. The van der Waals surface area contributed by atoms with E-state index in [-0.39, 0.29) is 24.8 Å². The molecule has 9 nitrogen and oxygen atoms in total. The highest BCUT2D eigenvalue weighted by molar-refractivity contribution is 6.05. The van der Waals surface area contributed by atoms with Crippen LogP contribution in [0.1, 0.15) is 37.1 Å². The summed E-state index contributed by atoms with van der Waals surface area (Å²) in [5, 5.41) is 13.8. The first-order chi connectivity index (χ1) is 15.6. The van der Waals surface area contributed by atoms with E-state index in [1.807, 2.05) is 59.1 Å². The minimum atomic E-state index is -0.813. The van der Waals surface area contributed by atoms with E-state index in [2.05, 4.69) is 20.8 Å². The molecule has 1 unspecified atom stereocenters. The lowest BCUT2D eigenvalue weighted by Crippen LogP contribution is -2.36. The first-order valence-electron chi connectivity index (χ1n) is 10.8. The SMILES string of the molecule is O=C(CC1NC(=O)N(Cc2ccccc2)C1=O)NCCCCCc1nnc2ccccn12. The lowest BCUT2D eigenvalue weighted by Gasteiger charge is -2.13. The third-order valence-corrected chi connectivity index (χ3v) is 5.46. The molecular weight excluding hydrogens is 408 g/mol. The Hall–Kier alpha value is -3.75. The lowest BCUT2D eigenvalue weighted by molar-refractivity contribution is -0.131. The molecule has 3 heterocycles. The maximum Gasteiger partial charge on any atom is 0.325 e. The summed E-state index contributed by atoms with van der Waals surface area (Å²) in [6.45, 7) is 0.729. The van der Waals surface area contributed by atoms with Gasteiger partial charge in [0.25, 0.3) is 5.91 Å². The van der Waals surface area contributed by atoms with Crippen LogP contribution < -0.4 is 10.6 Å². The molecule has 0 radical (unpaired) electrons. The number of benzene rings is 1. The lowest BCUT2D eigenvalue weighted by atomic mass is 10.1. The number of imide groups is 1. The van der Waals surface area contributed by atoms with Crippen molar-refractivity contribution >= 4 is 23.5 Å². The fraction of sp³-hybridized carbons (Fsp3) is 0.348. The average molecular weight is 435 g/mol. The van der Waals surface area contributed by atoms with E-state index in [1.165, 1.54) is 0 Å². The van der Waals surface area contributed by atoms with Crippen LogP contribution >= 0.6 is 0 Å². The van der Waals surface area contributed by atoms with Crippen LogP contribution in [0.4, 0.5) is 4.79 Å². The smallest absolute Gasteiger partial charge is 0.325 e. The Balaban J connectivity index is 1.14. The van der Waals surface area contributed by atoms with Crippen molar-refractivity contribution in [3.8, 4) is 0 Å². The van der Waals surface area contributed by atoms with Gasteiger partial charge in [-0.2, -0.15) is 0 Å². The summed E-state index contributed by atoms with van der Waals surface area (Å²) < 4.78 is 1.98. The molecule has 166 valence electrons. The number of urea groups is 1. The molecule has 2 N–H and O–H groups in total. The van der Waals surface area contributed by atoms with Gasteiger partial charge >= 0.3 is 6.03 Å². The Bertz CT molecular complexity index is 1100. The number of fused-ring (bicyclic) bond motifs is 1. The van der Waals surface area contributed by atoms with Crippen LogP contribution in [0.5, 0.6) is 0 Å². The summed E-state index contributed by atoms with van der Waals surface area (Å²) in [4.78, 5) is 38.1. The van der Waals surface area contributed by atoms with Gasteiger partial charge in [0.1, 0.15) is 11.9 Å². The maximum atomic E-state index is 12.5. The number of aryl methyl sites for hydroxylation is 1. The van der Waals surface area contributed by atoms with Crippen molar-refractivity contribution in [1.29, 1.82) is 0 Å². The van der Waals surface area contributed by atoms with Crippen molar-refractivity contribution < 1.29 is 14.4 Å². The molecule has 1 saturated heterocycles. The van der Waals surface area contributed by atoms with E-state index in [9.17, 15) is 14.4 Å². The van der Waals surface area contributed by atoms with Gasteiger partial charge in [-0.3, -0.25) is 18.9 Å². The molecule has 1 aliphatic rings. The Kier molecular flexibility index (Phi) is 6.74. The van der Waals surface area contributed by atoms with Crippen molar-refractivity contribution in [3.63, 3.8) is 0 Å². The van der Waals surface area contributed by atoms with Crippen molar-refractivity contribution in [1.82, 2.24) is 30.1 Å². The summed E-state index contributed by atoms with van der Waals surface area (Å²) in [5.41, 5.74) is 1.70. The topological polar surface area (TPSA) is 109 Å². The predicted molar refractivity (Wildman–Crippen MR) is 117 cm³/mol. The second-order valence-electron chi connectivity index (χ2n) is 7.82. The molecule has 9 heteroatoms. The Morgan fingerprint density at radius 1 is 1.00 bits per heavy atom. The second-order valence-corrected chi connectivity index (χ2v) is 7.82. The highest BCUT2D eigenvalue weighted by atomic mass is 16.2. The molecule has 2 aromatic heterocycles. The minimum absolute atomic E-state index is 0.0540. The number of rotatable bonds is 10. The zero-order chi connectivity index (χ0) is 22.3. The van der Waals surface area contributed by atoms with Crippen LogP contribution in [-0.2, 0) is 22.6 Å². The fourth-order valence-electron chi connectivity index (χ4n) is 3.76. The molecule has 1 fully saturated rings. The van der Waals surface area contributed by atoms with Crippen molar-refractivity contribution in [2.45, 2.75) is 44.7 Å². The minimum Gasteiger partial charge on any atom is -0.356 e. The number of hydrogen-bond acceptors (Lipinski definition) is 5. The molecule has 1 atom stereocenters. The average Bonchev–Trinajstić information content (AvgIpc) is 3.33. The molecule has 4 rings (SSSR count). The quantitative estimate of drug-likeness (QED) is 0.375. The third-order valence-electron chi connectivity index (χ3n) is 5.46. The van der Waals surface area contributed by atoms with Crippen LogP contribution in [0.15, 0.2) is 54.7 Å². The number of hydrogen-bond donors (Lipinski definition) is 2. The summed E-state index contributed by atoms with van der Waals surface area (Å²) in [6, 6.07) is 13.8. The fourth-order valence-corrected chi connectivity index (χ4v) is 3.76. The van der Waals surface area contributed by atoms with Gasteiger partial charge in [-0.05, 0) is 30.5 Å². The normalized spacial score (nSPS) is 15.9. The van der Waals surface area contributed by atoms with Gasteiger partial charge in [0.2, 0.25) is 5.91 Å². The molecule has 4 amide bonds. The number of carbonyl (C=O) groups is 3. The van der Waals surface area contributed by atoms with Crippen molar-refractivity contribution in [2.24, 2.45) is 0 Å². The molecule has 0 spiro atoms. The van der Waals surface area contributed by atoms with Gasteiger partial charge in [-0.1, -0.05) is 42.8 Å². The van der Waals surface area contributed by atoms with E-state index in [0.717, 1.165) is 47.6 Å². The maximum absolute atomic E-state index is 12.5. The molecule has 32 heavy (non-hydrogen) atoms. The summed E-state index contributed by atoms with van der Waals surface area (Å²) in [7, 11) is 0. The van der Waals surface area contributed by atoms with Crippen molar-refractivity contribution in [2.75, 3.05) is 6.54 Å². The standard InChI is InChI=1S/C23H26N6O3/c30-21(15-18-22(31)29(23(32)25-18)16-17-9-3-1-4-10-17)24-13-7-2-5-11-19-26-27-20-12-6-8-14-28(19)20/h1,3-4,6,8-10,12,14,18H,2,5,7,11,13,15-16H2,(H,24,30)(H,25,32). The van der Waals surface area contributed by atoms with Gasteiger partial charge in [0.15, 0.2) is 5.65 Å². The molecule has 0 bridgehead atoms. The van der Waals surface area contributed by atoms with Gasteiger partial charge in [-0.15, -0.1) is 10.2 Å². The number of unbranched alkanes of at least 4 members (excludes halogenated alkanes) is 2. The Labute approximate surface area is 185 Å². The third kappa shape index (κ3) is 5.11. The summed E-state index contributed by atoms with van der Waals surface area (Å²) in [5.74, 6) is 0.323. The number of nitrogens with one attached hydrogen (secondary N) is 2.